The quantitative estimate of drug-likeness (QED) is 0.193. The molecule has 4 aromatic carbocycles. The lowest BCUT2D eigenvalue weighted by Gasteiger charge is -2.34. The van der Waals surface area contributed by atoms with E-state index in [0.717, 1.165) is 9.87 Å². The van der Waals surface area contributed by atoms with Crippen molar-refractivity contribution in [3.63, 3.8) is 0 Å². The van der Waals surface area contributed by atoms with E-state index in [1.807, 2.05) is 44.2 Å². The first kappa shape index (κ1) is 32.7. The van der Waals surface area contributed by atoms with E-state index in [1.54, 1.807) is 42.5 Å². The van der Waals surface area contributed by atoms with Crippen LogP contribution in [-0.4, -0.2) is 44.3 Å². The minimum absolute atomic E-state index is 0.0604. The molecule has 1 N–H and O–H groups in total. The van der Waals surface area contributed by atoms with Crippen LogP contribution in [0.3, 0.4) is 0 Å². The first-order valence-corrected chi connectivity index (χ1v) is 16.1. The van der Waals surface area contributed by atoms with Gasteiger partial charge in [-0.25, -0.2) is 12.8 Å². The summed E-state index contributed by atoms with van der Waals surface area (Å²) in [6.45, 7) is 3.39. The Labute approximate surface area is 263 Å². The summed E-state index contributed by atoms with van der Waals surface area (Å²) in [5, 5.41) is 3.27. The number of benzene rings is 4. The summed E-state index contributed by atoms with van der Waals surface area (Å²) in [5.41, 5.74) is 1.24. The number of carbonyl (C=O) groups is 2. The Morgan fingerprint density at radius 1 is 0.841 bits per heavy atom. The molecule has 0 radical (unpaired) electrons. The predicted molar refractivity (Wildman–Crippen MR) is 171 cm³/mol. The van der Waals surface area contributed by atoms with Crippen LogP contribution in [0.25, 0.3) is 0 Å². The number of carbonyl (C=O) groups excluding carboxylic acids is 2. The van der Waals surface area contributed by atoms with Gasteiger partial charge in [-0.15, -0.1) is 0 Å². The van der Waals surface area contributed by atoms with Crippen molar-refractivity contribution in [3.8, 4) is 0 Å². The average molecular weight is 636 g/mol. The number of amides is 2. The number of nitrogens with one attached hydrogen (secondary N) is 1. The van der Waals surface area contributed by atoms with Crippen LogP contribution in [0, 0.1) is 11.7 Å². The zero-order valence-corrected chi connectivity index (χ0v) is 26.1. The molecule has 44 heavy (non-hydrogen) atoms. The molecule has 10 heteroatoms. The van der Waals surface area contributed by atoms with Gasteiger partial charge in [-0.05, 0) is 53.9 Å². The monoisotopic (exact) mass is 635 g/mol. The largest absolute Gasteiger partial charge is 0.354 e. The molecule has 0 saturated heterocycles. The highest BCUT2D eigenvalue weighted by Crippen LogP contribution is 2.26. The maximum Gasteiger partial charge on any atom is 0.264 e. The third-order valence-electron chi connectivity index (χ3n) is 6.98. The zero-order chi connectivity index (χ0) is 31.7. The van der Waals surface area contributed by atoms with Crippen LogP contribution in [-0.2, 0) is 32.6 Å². The van der Waals surface area contributed by atoms with Gasteiger partial charge in [0.25, 0.3) is 10.0 Å². The lowest BCUT2D eigenvalue weighted by atomic mass is 10.0. The van der Waals surface area contributed by atoms with Crippen LogP contribution < -0.4 is 9.62 Å². The molecule has 7 nitrogen and oxygen atoms in total. The molecule has 230 valence electrons. The molecule has 0 saturated carbocycles. The summed E-state index contributed by atoms with van der Waals surface area (Å²) in [6, 6.07) is 28.0. The molecule has 0 aliphatic heterocycles. The van der Waals surface area contributed by atoms with Crippen molar-refractivity contribution in [3.05, 3.63) is 131 Å². The highest BCUT2D eigenvalue weighted by Gasteiger charge is 2.35. The third kappa shape index (κ3) is 8.45. The predicted octanol–water partition coefficient (Wildman–Crippen LogP) is 6.09. The van der Waals surface area contributed by atoms with Crippen LogP contribution in [0.4, 0.5) is 10.1 Å². The molecular weight excluding hydrogens is 601 g/mol. The molecule has 0 spiro atoms. The standard InChI is InChI=1S/C34H35ClFN3O4S/c1-25(2)22-37-34(41)32(21-26-11-5-3-6-12-26)38(23-27-13-9-10-16-31(27)36)33(40)24-39(29-14-7-4-8-15-29)44(42,43)30-19-17-28(35)18-20-30/h3-20,25,32H,21-24H2,1-2H3,(H,37,41)/t32-/m1/s1. The van der Waals surface area contributed by atoms with Crippen molar-refractivity contribution in [2.75, 3.05) is 17.4 Å². The van der Waals surface area contributed by atoms with Crippen molar-refractivity contribution in [2.24, 2.45) is 5.92 Å². The molecule has 0 fully saturated rings. The summed E-state index contributed by atoms with van der Waals surface area (Å²) in [6.07, 6.45) is 0.139. The van der Waals surface area contributed by atoms with Gasteiger partial charge in [0.15, 0.2) is 0 Å². The number of sulfonamides is 1. The van der Waals surface area contributed by atoms with Gasteiger partial charge in [0.05, 0.1) is 10.6 Å². The van der Waals surface area contributed by atoms with E-state index in [4.69, 9.17) is 11.6 Å². The van der Waals surface area contributed by atoms with E-state index >= 15 is 0 Å². The fourth-order valence-electron chi connectivity index (χ4n) is 4.64. The molecule has 1 atom stereocenters. The Morgan fingerprint density at radius 2 is 1.43 bits per heavy atom. The van der Waals surface area contributed by atoms with Gasteiger partial charge in [-0.2, -0.15) is 0 Å². The second-order valence-electron chi connectivity index (χ2n) is 10.8. The first-order chi connectivity index (χ1) is 21.1. The minimum Gasteiger partial charge on any atom is -0.354 e. The van der Waals surface area contributed by atoms with Gasteiger partial charge in [-0.1, -0.05) is 92.2 Å². The lowest BCUT2D eigenvalue weighted by Crippen LogP contribution is -2.53. The van der Waals surface area contributed by atoms with Gasteiger partial charge < -0.3 is 10.2 Å². The number of hydrogen-bond donors (Lipinski definition) is 1. The summed E-state index contributed by atoms with van der Waals surface area (Å²) < 4.78 is 43.9. The number of anilines is 1. The second-order valence-corrected chi connectivity index (χ2v) is 13.1. The molecule has 0 bridgehead atoms. The smallest absolute Gasteiger partial charge is 0.264 e. The summed E-state index contributed by atoms with van der Waals surface area (Å²) in [4.78, 5) is 29.3. The van der Waals surface area contributed by atoms with Gasteiger partial charge in [0.1, 0.15) is 18.4 Å². The highest BCUT2D eigenvalue weighted by atomic mass is 35.5. The minimum atomic E-state index is -4.25. The van der Waals surface area contributed by atoms with Crippen LogP contribution in [0.1, 0.15) is 25.0 Å². The van der Waals surface area contributed by atoms with E-state index < -0.39 is 40.2 Å². The molecule has 0 aliphatic rings. The molecule has 0 unspecified atom stereocenters. The zero-order valence-electron chi connectivity index (χ0n) is 24.6. The summed E-state index contributed by atoms with van der Waals surface area (Å²) in [5.74, 6) is -1.49. The molecule has 0 aromatic heterocycles. The molecule has 4 aromatic rings. The van der Waals surface area contributed by atoms with E-state index in [1.165, 1.54) is 41.3 Å². The van der Waals surface area contributed by atoms with Crippen molar-refractivity contribution in [1.29, 1.82) is 0 Å². The maximum absolute atomic E-state index is 15.0. The van der Waals surface area contributed by atoms with Crippen LogP contribution >= 0.6 is 11.6 Å². The Kier molecular flexibility index (Phi) is 11.1. The van der Waals surface area contributed by atoms with Gasteiger partial charge in [0, 0.05) is 30.1 Å². The first-order valence-electron chi connectivity index (χ1n) is 14.2. The van der Waals surface area contributed by atoms with Gasteiger partial charge in [-0.3, -0.25) is 13.9 Å². The summed E-state index contributed by atoms with van der Waals surface area (Å²) >= 11 is 6.01. The Balaban J connectivity index is 1.79. The lowest BCUT2D eigenvalue weighted by molar-refractivity contribution is -0.140. The van der Waals surface area contributed by atoms with Crippen molar-refractivity contribution in [1.82, 2.24) is 10.2 Å². The van der Waals surface area contributed by atoms with Crippen LogP contribution in [0.15, 0.2) is 114 Å². The van der Waals surface area contributed by atoms with Gasteiger partial charge >= 0.3 is 0 Å². The Bertz CT molecular complexity index is 1650. The fourth-order valence-corrected chi connectivity index (χ4v) is 6.18. The molecular formula is C34H35ClFN3O4S. The Hall–Kier alpha value is -4.21. The normalized spacial score (nSPS) is 12.0. The number of para-hydroxylation sites is 1. The number of rotatable bonds is 13. The fraction of sp³-hybridized carbons (Fsp3) is 0.235. The van der Waals surface area contributed by atoms with Crippen LogP contribution in [0.2, 0.25) is 5.02 Å². The molecule has 0 aliphatic carbocycles. The van der Waals surface area contributed by atoms with Crippen molar-refractivity contribution in [2.45, 2.75) is 37.8 Å². The number of nitrogens with zero attached hydrogens (tertiary/aromatic N) is 2. The average Bonchev–Trinajstić information content (AvgIpc) is 3.02. The molecule has 4 rings (SSSR count). The van der Waals surface area contributed by atoms with Crippen LogP contribution in [0.5, 0.6) is 0 Å². The van der Waals surface area contributed by atoms with E-state index in [2.05, 4.69) is 5.32 Å². The van der Waals surface area contributed by atoms with Crippen molar-refractivity contribution < 1.29 is 22.4 Å². The van der Waals surface area contributed by atoms with E-state index in [-0.39, 0.29) is 35.0 Å². The number of hydrogen-bond acceptors (Lipinski definition) is 4. The van der Waals surface area contributed by atoms with Crippen molar-refractivity contribution >= 4 is 39.1 Å². The highest BCUT2D eigenvalue weighted by molar-refractivity contribution is 7.92. The summed E-state index contributed by atoms with van der Waals surface area (Å²) in [7, 11) is -4.25. The van der Waals surface area contributed by atoms with Gasteiger partial charge in [0.2, 0.25) is 11.8 Å². The molecule has 2 amide bonds. The topological polar surface area (TPSA) is 86.8 Å². The molecule has 0 heterocycles. The second kappa shape index (κ2) is 15.0. The van der Waals surface area contributed by atoms with E-state index in [0.29, 0.717) is 11.6 Å². The SMILES string of the molecule is CC(C)CNC(=O)[C@@H](Cc1ccccc1)N(Cc1ccccc1F)C(=O)CN(c1ccccc1)S(=O)(=O)c1ccc(Cl)cc1. The van der Waals surface area contributed by atoms with E-state index in [9.17, 15) is 22.4 Å². The Morgan fingerprint density at radius 3 is 2.05 bits per heavy atom. The third-order valence-corrected chi connectivity index (χ3v) is 9.02. The number of halogens is 2. The maximum atomic E-state index is 15.0.